The van der Waals surface area contributed by atoms with Gasteiger partial charge in [0.25, 0.3) is 0 Å². The molecular weight excluding hydrogens is 306 g/mol. The number of ether oxygens (including phenoxy) is 2. The molecule has 0 saturated carbocycles. The van der Waals surface area contributed by atoms with Gasteiger partial charge in [0, 0.05) is 5.56 Å². The van der Waals surface area contributed by atoms with Crippen molar-refractivity contribution in [3.8, 4) is 5.75 Å². The van der Waals surface area contributed by atoms with Crippen LogP contribution in [0.1, 0.15) is 22.3 Å². The number of hydrogen-bond donors (Lipinski definition) is 0. The monoisotopic (exact) mass is 327 g/mol. The molecule has 0 aliphatic rings. The Morgan fingerprint density at radius 2 is 1.79 bits per heavy atom. The first kappa shape index (κ1) is 17.5. The van der Waals surface area contributed by atoms with Crippen LogP contribution in [0.2, 0.25) is 0 Å². The molecule has 0 radical (unpaired) electrons. The van der Waals surface area contributed by atoms with E-state index in [1.54, 1.807) is 6.07 Å². The molecule has 0 saturated heterocycles. The molecule has 0 heterocycles. The second kappa shape index (κ2) is 8.15. The van der Waals surface area contributed by atoms with E-state index in [4.69, 9.17) is 14.3 Å². The predicted octanol–water partition coefficient (Wildman–Crippen LogP) is 3.41. The SMILES string of the molecule is CON=C(C(=O)OC)c1ccccc1COc1ccc(C)c(C)c1. The highest BCUT2D eigenvalue weighted by Gasteiger charge is 2.19. The van der Waals surface area contributed by atoms with Crippen LogP contribution < -0.4 is 4.74 Å². The minimum atomic E-state index is -0.560. The van der Waals surface area contributed by atoms with E-state index in [2.05, 4.69) is 12.1 Å². The molecule has 0 fully saturated rings. The zero-order valence-corrected chi connectivity index (χ0v) is 14.3. The average Bonchev–Trinajstić information content (AvgIpc) is 2.60. The zero-order valence-electron chi connectivity index (χ0n) is 14.3. The summed E-state index contributed by atoms with van der Waals surface area (Å²) in [6.45, 7) is 4.40. The molecule has 2 rings (SSSR count). The summed E-state index contributed by atoms with van der Waals surface area (Å²) < 4.78 is 10.6. The van der Waals surface area contributed by atoms with Crippen LogP contribution in [0.4, 0.5) is 0 Å². The third kappa shape index (κ3) is 4.13. The third-order valence-corrected chi connectivity index (χ3v) is 3.71. The highest BCUT2D eigenvalue weighted by atomic mass is 16.6. The number of esters is 1. The van der Waals surface area contributed by atoms with E-state index in [0.717, 1.165) is 16.9 Å². The molecule has 5 heteroatoms. The number of rotatable bonds is 6. The van der Waals surface area contributed by atoms with Gasteiger partial charge in [0.2, 0.25) is 0 Å². The van der Waals surface area contributed by atoms with Gasteiger partial charge in [-0.05, 0) is 42.7 Å². The third-order valence-electron chi connectivity index (χ3n) is 3.71. The fourth-order valence-electron chi connectivity index (χ4n) is 2.23. The molecule has 0 aliphatic heterocycles. The van der Waals surface area contributed by atoms with E-state index in [1.807, 2.05) is 43.3 Å². The van der Waals surface area contributed by atoms with Gasteiger partial charge >= 0.3 is 5.97 Å². The number of benzene rings is 2. The van der Waals surface area contributed by atoms with Gasteiger partial charge in [-0.15, -0.1) is 0 Å². The molecule has 126 valence electrons. The van der Waals surface area contributed by atoms with Crippen LogP contribution in [0.25, 0.3) is 0 Å². The Morgan fingerprint density at radius 3 is 2.46 bits per heavy atom. The topological polar surface area (TPSA) is 57.1 Å². The maximum Gasteiger partial charge on any atom is 0.360 e. The number of nitrogens with zero attached hydrogens (tertiary/aromatic N) is 1. The van der Waals surface area contributed by atoms with Crippen molar-refractivity contribution in [2.24, 2.45) is 5.16 Å². The van der Waals surface area contributed by atoms with Gasteiger partial charge in [-0.3, -0.25) is 0 Å². The molecule has 0 atom stereocenters. The molecule has 0 bridgehead atoms. The summed E-state index contributed by atoms with van der Waals surface area (Å²) in [5.41, 5.74) is 3.92. The van der Waals surface area contributed by atoms with Crippen LogP contribution in [-0.2, 0) is 21.0 Å². The van der Waals surface area contributed by atoms with Crippen molar-refractivity contribution in [2.45, 2.75) is 20.5 Å². The second-order valence-corrected chi connectivity index (χ2v) is 5.31. The molecule has 0 spiro atoms. The molecule has 24 heavy (non-hydrogen) atoms. The van der Waals surface area contributed by atoms with Gasteiger partial charge < -0.3 is 14.3 Å². The number of oxime groups is 1. The van der Waals surface area contributed by atoms with E-state index in [0.29, 0.717) is 12.2 Å². The summed E-state index contributed by atoms with van der Waals surface area (Å²) in [4.78, 5) is 16.7. The van der Waals surface area contributed by atoms with Crippen molar-refractivity contribution in [1.29, 1.82) is 0 Å². The van der Waals surface area contributed by atoms with Crippen molar-refractivity contribution in [3.63, 3.8) is 0 Å². The molecule has 2 aromatic carbocycles. The summed E-state index contributed by atoms with van der Waals surface area (Å²) in [6, 6.07) is 13.3. The van der Waals surface area contributed by atoms with Crippen molar-refractivity contribution in [2.75, 3.05) is 14.2 Å². The minimum absolute atomic E-state index is 0.110. The van der Waals surface area contributed by atoms with E-state index in [9.17, 15) is 4.79 Å². The van der Waals surface area contributed by atoms with E-state index >= 15 is 0 Å². The molecule has 5 nitrogen and oxygen atoms in total. The van der Waals surface area contributed by atoms with Crippen LogP contribution in [0, 0.1) is 13.8 Å². The summed E-state index contributed by atoms with van der Waals surface area (Å²) >= 11 is 0. The second-order valence-electron chi connectivity index (χ2n) is 5.31. The number of methoxy groups -OCH3 is 1. The Hall–Kier alpha value is -2.82. The predicted molar refractivity (Wildman–Crippen MR) is 92.3 cm³/mol. The summed E-state index contributed by atoms with van der Waals surface area (Å²) in [5, 5.41) is 3.79. The first-order valence-electron chi connectivity index (χ1n) is 7.54. The summed E-state index contributed by atoms with van der Waals surface area (Å²) in [5.74, 6) is 0.215. The highest BCUT2D eigenvalue weighted by Crippen LogP contribution is 2.19. The van der Waals surface area contributed by atoms with Gasteiger partial charge in [0.15, 0.2) is 5.71 Å². The fourth-order valence-corrected chi connectivity index (χ4v) is 2.23. The lowest BCUT2D eigenvalue weighted by Gasteiger charge is -2.12. The largest absolute Gasteiger partial charge is 0.489 e. The zero-order chi connectivity index (χ0) is 17.5. The van der Waals surface area contributed by atoms with Crippen molar-refractivity contribution >= 4 is 11.7 Å². The molecule has 0 amide bonds. The first-order chi connectivity index (χ1) is 11.6. The van der Waals surface area contributed by atoms with Gasteiger partial charge in [-0.2, -0.15) is 0 Å². The number of hydrogen-bond acceptors (Lipinski definition) is 5. The Kier molecular flexibility index (Phi) is 5.95. The van der Waals surface area contributed by atoms with E-state index in [1.165, 1.54) is 19.8 Å². The van der Waals surface area contributed by atoms with Crippen LogP contribution in [0.5, 0.6) is 5.75 Å². The maximum absolute atomic E-state index is 11.9. The van der Waals surface area contributed by atoms with Crippen molar-refractivity contribution < 1.29 is 19.1 Å². The first-order valence-corrected chi connectivity index (χ1v) is 7.54. The lowest BCUT2D eigenvalue weighted by molar-refractivity contribution is -0.132. The van der Waals surface area contributed by atoms with Crippen LogP contribution in [-0.4, -0.2) is 25.9 Å². The van der Waals surface area contributed by atoms with Gasteiger partial charge in [-0.25, -0.2) is 4.79 Å². The lowest BCUT2D eigenvalue weighted by Crippen LogP contribution is -2.19. The lowest BCUT2D eigenvalue weighted by atomic mass is 10.0. The average molecular weight is 327 g/mol. The Balaban J connectivity index is 2.26. The van der Waals surface area contributed by atoms with Crippen molar-refractivity contribution in [1.82, 2.24) is 0 Å². The smallest absolute Gasteiger partial charge is 0.360 e. The Morgan fingerprint density at radius 1 is 1.04 bits per heavy atom. The van der Waals surface area contributed by atoms with E-state index in [-0.39, 0.29) is 5.71 Å². The van der Waals surface area contributed by atoms with Gasteiger partial charge in [0.05, 0.1) is 7.11 Å². The van der Waals surface area contributed by atoms with Gasteiger partial charge in [-0.1, -0.05) is 35.5 Å². The summed E-state index contributed by atoms with van der Waals surface area (Å²) in [6.07, 6.45) is 0. The highest BCUT2D eigenvalue weighted by molar-refractivity contribution is 6.43. The fraction of sp³-hybridized carbons (Fsp3) is 0.263. The Bertz CT molecular complexity index is 753. The van der Waals surface area contributed by atoms with E-state index < -0.39 is 5.97 Å². The molecule has 0 aliphatic carbocycles. The standard InChI is InChI=1S/C19H21NO4/c1-13-9-10-16(11-14(13)2)24-12-15-7-5-6-8-17(15)18(20-23-4)19(21)22-3/h5-11H,12H2,1-4H3. The minimum Gasteiger partial charge on any atom is -0.489 e. The molecule has 2 aromatic rings. The number of aryl methyl sites for hydroxylation is 2. The van der Waals surface area contributed by atoms with Crippen LogP contribution in [0.15, 0.2) is 47.6 Å². The molecule has 0 aromatic heterocycles. The number of carbonyl (C=O) groups is 1. The van der Waals surface area contributed by atoms with Gasteiger partial charge in [0.1, 0.15) is 19.5 Å². The quantitative estimate of drug-likeness (QED) is 0.463. The molecule has 0 unspecified atom stereocenters. The number of carbonyl (C=O) groups excluding carboxylic acids is 1. The van der Waals surface area contributed by atoms with Crippen LogP contribution >= 0.6 is 0 Å². The maximum atomic E-state index is 11.9. The normalized spacial score (nSPS) is 11.1. The Labute approximate surface area is 141 Å². The van der Waals surface area contributed by atoms with Crippen molar-refractivity contribution in [3.05, 3.63) is 64.7 Å². The molecular formula is C19H21NO4. The molecule has 0 N–H and O–H groups in total. The van der Waals surface area contributed by atoms with Crippen LogP contribution in [0.3, 0.4) is 0 Å². The summed E-state index contributed by atoms with van der Waals surface area (Å²) in [7, 11) is 2.69.